The first-order chi connectivity index (χ1) is 5.52. The van der Waals surface area contributed by atoms with Crippen LogP contribution in [0.1, 0.15) is 15.2 Å². The van der Waals surface area contributed by atoms with Gasteiger partial charge < -0.3 is 5.11 Å². The number of nitro groups is 1. The Bertz CT molecular complexity index is 343. The van der Waals surface area contributed by atoms with Gasteiger partial charge in [0.25, 0.3) is 0 Å². The lowest BCUT2D eigenvalue weighted by Crippen LogP contribution is -1.94. The molecule has 12 heavy (non-hydrogen) atoms. The maximum Gasteiger partial charge on any atom is 0.337 e. The third kappa shape index (κ3) is 1.42. The second kappa shape index (κ2) is 2.90. The van der Waals surface area contributed by atoms with Crippen molar-refractivity contribution in [1.82, 2.24) is 0 Å². The highest BCUT2D eigenvalue weighted by molar-refractivity contribution is 7.15. The average Bonchev–Trinajstić information content (AvgIpc) is 2.30. The number of hydrogen-bond acceptors (Lipinski definition) is 4. The van der Waals surface area contributed by atoms with Crippen LogP contribution in [0.5, 0.6) is 0 Å². The number of aryl methyl sites for hydroxylation is 1. The molecular formula is C6H5NO4S. The Hall–Kier alpha value is -1.43. The first-order valence-electron chi connectivity index (χ1n) is 3.00. The number of rotatable bonds is 2. The van der Waals surface area contributed by atoms with Crippen molar-refractivity contribution in [3.05, 3.63) is 26.6 Å². The minimum Gasteiger partial charge on any atom is -0.478 e. The molecule has 1 rings (SSSR count). The molecular weight excluding hydrogens is 182 g/mol. The van der Waals surface area contributed by atoms with E-state index >= 15 is 0 Å². The normalized spacial score (nSPS) is 9.75. The first-order valence-corrected chi connectivity index (χ1v) is 3.82. The van der Waals surface area contributed by atoms with E-state index in [1.807, 2.05) is 0 Å². The summed E-state index contributed by atoms with van der Waals surface area (Å²) in [6.07, 6.45) is 0. The predicted molar refractivity (Wildman–Crippen MR) is 42.7 cm³/mol. The quantitative estimate of drug-likeness (QED) is 0.564. The summed E-state index contributed by atoms with van der Waals surface area (Å²) >= 11 is 0.871. The van der Waals surface area contributed by atoms with Crippen molar-refractivity contribution in [1.29, 1.82) is 0 Å². The SMILES string of the molecule is Cc1sc([N+](=O)[O-])cc1C(=O)O. The Morgan fingerprint density at radius 3 is 2.58 bits per heavy atom. The Labute approximate surface area is 71.4 Å². The Balaban J connectivity index is 3.17. The minimum absolute atomic E-state index is 0.00620. The lowest BCUT2D eigenvalue weighted by Gasteiger charge is -1.85. The van der Waals surface area contributed by atoms with Gasteiger partial charge in [0, 0.05) is 10.9 Å². The molecule has 0 aliphatic rings. The zero-order valence-corrected chi connectivity index (χ0v) is 6.92. The second-order valence-corrected chi connectivity index (χ2v) is 3.35. The lowest BCUT2D eigenvalue weighted by atomic mass is 10.3. The monoisotopic (exact) mass is 187 g/mol. The molecule has 64 valence electrons. The highest BCUT2D eigenvalue weighted by atomic mass is 32.1. The van der Waals surface area contributed by atoms with Crippen molar-refractivity contribution in [2.24, 2.45) is 0 Å². The van der Waals surface area contributed by atoms with Crippen LogP contribution in [0.15, 0.2) is 6.07 Å². The van der Waals surface area contributed by atoms with E-state index in [9.17, 15) is 14.9 Å². The molecule has 0 radical (unpaired) electrons. The van der Waals surface area contributed by atoms with E-state index in [0.29, 0.717) is 4.88 Å². The fourth-order valence-corrected chi connectivity index (χ4v) is 1.59. The lowest BCUT2D eigenvalue weighted by molar-refractivity contribution is -0.380. The van der Waals surface area contributed by atoms with Crippen molar-refractivity contribution in [3.63, 3.8) is 0 Å². The molecule has 1 N–H and O–H groups in total. The zero-order chi connectivity index (χ0) is 9.30. The van der Waals surface area contributed by atoms with Gasteiger partial charge in [0.05, 0.1) is 10.5 Å². The molecule has 5 nitrogen and oxygen atoms in total. The fourth-order valence-electron chi connectivity index (χ4n) is 0.769. The summed E-state index contributed by atoms with van der Waals surface area (Å²) in [4.78, 5) is 20.5. The van der Waals surface area contributed by atoms with E-state index < -0.39 is 10.9 Å². The van der Waals surface area contributed by atoms with E-state index in [1.54, 1.807) is 6.92 Å². The first kappa shape index (κ1) is 8.66. The fraction of sp³-hybridized carbons (Fsp3) is 0.167. The molecule has 6 heteroatoms. The molecule has 0 unspecified atom stereocenters. The molecule has 0 aliphatic carbocycles. The van der Waals surface area contributed by atoms with Crippen molar-refractivity contribution in [2.45, 2.75) is 6.92 Å². The van der Waals surface area contributed by atoms with Crippen LogP contribution in [0.25, 0.3) is 0 Å². The third-order valence-electron chi connectivity index (χ3n) is 1.32. The maximum atomic E-state index is 10.4. The van der Waals surface area contributed by atoms with Crippen molar-refractivity contribution in [2.75, 3.05) is 0 Å². The molecule has 0 saturated heterocycles. The van der Waals surface area contributed by atoms with Gasteiger partial charge >= 0.3 is 11.0 Å². The average molecular weight is 187 g/mol. The van der Waals surface area contributed by atoms with Gasteiger partial charge in [0.15, 0.2) is 0 Å². The highest BCUT2D eigenvalue weighted by Gasteiger charge is 2.17. The van der Waals surface area contributed by atoms with Crippen LogP contribution < -0.4 is 0 Å². The largest absolute Gasteiger partial charge is 0.478 e. The second-order valence-electron chi connectivity index (χ2n) is 2.12. The molecule has 0 fully saturated rings. The summed E-state index contributed by atoms with van der Waals surface area (Å²) in [6, 6.07) is 1.07. The van der Waals surface area contributed by atoms with Crippen LogP contribution in [-0.2, 0) is 0 Å². The number of carboxylic acids is 1. The predicted octanol–water partition coefficient (Wildman–Crippen LogP) is 1.66. The molecule has 1 aromatic rings. The number of hydrogen-bond donors (Lipinski definition) is 1. The summed E-state index contributed by atoms with van der Waals surface area (Å²) in [5, 5.41) is 18.6. The number of carbonyl (C=O) groups is 1. The summed E-state index contributed by atoms with van der Waals surface area (Å²) < 4.78 is 0. The van der Waals surface area contributed by atoms with Gasteiger partial charge in [-0.3, -0.25) is 10.1 Å². The molecule has 0 aliphatic heterocycles. The van der Waals surface area contributed by atoms with Gasteiger partial charge in [-0.15, -0.1) is 0 Å². The summed E-state index contributed by atoms with van der Waals surface area (Å²) in [6.45, 7) is 1.54. The zero-order valence-electron chi connectivity index (χ0n) is 6.10. The van der Waals surface area contributed by atoms with Crippen LogP contribution in [0.3, 0.4) is 0 Å². The van der Waals surface area contributed by atoms with Crippen LogP contribution in [0.2, 0.25) is 0 Å². The van der Waals surface area contributed by atoms with Crippen molar-refractivity contribution >= 4 is 22.3 Å². The van der Waals surface area contributed by atoms with E-state index in [2.05, 4.69) is 0 Å². The van der Waals surface area contributed by atoms with Crippen molar-refractivity contribution < 1.29 is 14.8 Å². The Kier molecular flexibility index (Phi) is 2.09. The number of thiophene rings is 1. The molecule has 0 spiro atoms. The van der Waals surface area contributed by atoms with Crippen LogP contribution in [-0.4, -0.2) is 16.0 Å². The Morgan fingerprint density at radius 1 is 1.75 bits per heavy atom. The number of carboxylic acid groups (broad SMARTS) is 1. The van der Waals surface area contributed by atoms with Crippen molar-refractivity contribution in [3.8, 4) is 0 Å². The Morgan fingerprint density at radius 2 is 2.33 bits per heavy atom. The van der Waals surface area contributed by atoms with Gasteiger partial charge in [-0.25, -0.2) is 4.79 Å². The van der Waals surface area contributed by atoms with Gasteiger partial charge in [0.1, 0.15) is 0 Å². The molecule has 0 amide bonds. The van der Waals surface area contributed by atoms with Gasteiger partial charge in [-0.2, -0.15) is 0 Å². The van der Waals surface area contributed by atoms with E-state index in [4.69, 9.17) is 5.11 Å². The topological polar surface area (TPSA) is 80.4 Å². The van der Waals surface area contributed by atoms with E-state index in [0.717, 1.165) is 17.4 Å². The molecule has 0 bridgehead atoms. The highest BCUT2D eigenvalue weighted by Crippen LogP contribution is 2.27. The maximum absolute atomic E-state index is 10.4. The molecule has 0 saturated carbocycles. The molecule has 0 atom stereocenters. The summed E-state index contributed by atoms with van der Waals surface area (Å²) in [7, 11) is 0. The number of aromatic carboxylic acids is 1. The minimum atomic E-state index is -1.13. The molecule has 1 aromatic heterocycles. The van der Waals surface area contributed by atoms with E-state index in [-0.39, 0.29) is 10.6 Å². The smallest absolute Gasteiger partial charge is 0.337 e. The van der Waals surface area contributed by atoms with Crippen LogP contribution in [0.4, 0.5) is 5.00 Å². The van der Waals surface area contributed by atoms with E-state index in [1.165, 1.54) is 0 Å². The number of nitrogens with zero attached hydrogens (tertiary/aromatic N) is 1. The van der Waals surface area contributed by atoms with Gasteiger partial charge in [0.2, 0.25) is 0 Å². The van der Waals surface area contributed by atoms with Gasteiger partial charge in [-0.05, 0) is 6.92 Å². The van der Waals surface area contributed by atoms with Crippen LogP contribution in [0, 0.1) is 17.0 Å². The van der Waals surface area contributed by atoms with Crippen LogP contribution >= 0.6 is 11.3 Å². The molecule has 0 aromatic carbocycles. The van der Waals surface area contributed by atoms with Gasteiger partial charge in [-0.1, -0.05) is 11.3 Å². The summed E-state index contributed by atoms with van der Waals surface area (Å²) in [5.41, 5.74) is 0.00620. The summed E-state index contributed by atoms with van der Waals surface area (Å²) in [5.74, 6) is -1.13. The molecule has 1 heterocycles. The third-order valence-corrected chi connectivity index (χ3v) is 2.32. The standard InChI is InChI=1S/C6H5NO4S/c1-3-4(6(8)9)2-5(12-3)7(10)11/h2H,1H3,(H,8,9).